The summed E-state index contributed by atoms with van der Waals surface area (Å²) in [7, 11) is 0. The predicted molar refractivity (Wildman–Crippen MR) is 84.0 cm³/mol. The Labute approximate surface area is 130 Å². The van der Waals surface area contributed by atoms with E-state index in [0.717, 1.165) is 10.0 Å². The number of benzene rings is 2. The van der Waals surface area contributed by atoms with Crippen LogP contribution in [0.3, 0.4) is 0 Å². The van der Waals surface area contributed by atoms with Gasteiger partial charge in [0.25, 0.3) is 0 Å². The van der Waals surface area contributed by atoms with Gasteiger partial charge in [0.1, 0.15) is 0 Å². The van der Waals surface area contributed by atoms with Gasteiger partial charge in [-0.25, -0.2) is 0 Å². The molecule has 0 heterocycles. The van der Waals surface area contributed by atoms with Crippen molar-refractivity contribution in [2.45, 2.75) is 0 Å². The third kappa shape index (κ3) is 3.93. The van der Waals surface area contributed by atoms with Crippen LogP contribution >= 0.6 is 39.1 Å². The quantitative estimate of drug-likeness (QED) is 0.513. The van der Waals surface area contributed by atoms with Crippen molar-refractivity contribution in [2.24, 2.45) is 0 Å². The first-order valence-corrected chi connectivity index (χ1v) is 7.04. The summed E-state index contributed by atoms with van der Waals surface area (Å²) in [4.78, 5) is 11.9. The monoisotopic (exact) mass is 354 g/mol. The van der Waals surface area contributed by atoms with E-state index < -0.39 is 0 Å². The molecule has 2 rings (SSSR count). The number of halogens is 3. The van der Waals surface area contributed by atoms with E-state index in [1.54, 1.807) is 36.4 Å². The van der Waals surface area contributed by atoms with Gasteiger partial charge in [0.15, 0.2) is 5.78 Å². The summed E-state index contributed by atoms with van der Waals surface area (Å²) < 4.78 is 0.939. The van der Waals surface area contributed by atoms with Gasteiger partial charge in [0.2, 0.25) is 0 Å². The minimum atomic E-state index is -0.0708. The van der Waals surface area contributed by atoms with Crippen molar-refractivity contribution < 1.29 is 4.79 Å². The van der Waals surface area contributed by atoms with Crippen molar-refractivity contribution in [3.05, 3.63) is 74.2 Å². The molecule has 0 N–H and O–H groups in total. The molecule has 0 aliphatic rings. The lowest BCUT2D eigenvalue weighted by atomic mass is 10.1. The Bertz CT molecular complexity index is 633. The molecular formula is C15H9BrCl2O. The number of carbonyl (C=O) groups excluding carboxylic acids is 1. The third-order valence-corrected chi connectivity index (χ3v) is 3.60. The predicted octanol–water partition coefficient (Wildman–Crippen LogP) is 5.65. The second-order valence-corrected chi connectivity index (χ2v) is 5.63. The van der Waals surface area contributed by atoms with Gasteiger partial charge in [-0.3, -0.25) is 4.79 Å². The Morgan fingerprint density at radius 1 is 1.05 bits per heavy atom. The van der Waals surface area contributed by atoms with Crippen LogP contribution in [-0.2, 0) is 0 Å². The van der Waals surface area contributed by atoms with Gasteiger partial charge in [-0.1, -0.05) is 45.2 Å². The van der Waals surface area contributed by atoms with E-state index in [4.69, 9.17) is 23.2 Å². The normalized spacial score (nSPS) is 10.9. The maximum Gasteiger partial charge on any atom is 0.185 e. The fraction of sp³-hybridized carbons (Fsp3) is 0. The van der Waals surface area contributed by atoms with Gasteiger partial charge < -0.3 is 0 Å². The van der Waals surface area contributed by atoms with E-state index in [-0.39, 0.29) is 5.78 Å². The Kier molecular flexibility index (Phi) is 4.81. The van der Waals surface area contributed by atoms with Crippen molar-refractivity contribution in [2.75, 3.05) is 0 Å². The van der Waals surface area contributed by atoms with Gasteiger partial charge in [-0.15, -0.1) is 0 Å². The molecule has 0 amide bonds. The Morgan fingerprint density at radius 3 is 2.37 bits per heavy atom. The van der Waals surface area contributed by atoms with E-state index in [0.29, 0.717) is 15.6 Å². The van der Waals surface area contributed by atoms with E-state index in [1.807, 2.05) is 12.1 Å². The smallest absolute Gasteiger partial charge is 0.185 e. The zero-order valence-corrected chi connectivity index (χ0v) is 12.8. The minimum Gasteiger partial charge on any atom is -0.289 e. The molecule has 0 unspecified atom stereocenters. The Morgan fingerprint density at radius 2 is 1.74 bits per heavy atom. The van der Waals surface area contributed by atoms with E-state index in [9.17, 15) is 4.79 Å². The van der Waals surface area contributed by atoms with Crippen LogP contribution in [0.4, 0.5) is 0 Å². The number of allylic oxidation sites excluding steroid dienone is 1. The van der Waals surface area contributed by atoms with Crippen LogP contribution in [0.1, 0.15) is 15.9 Å². The standard InChI is InChI=1S/C15H9BrCl2O/c16-12-5-1-11(2-6-12)15(19)8-4-10-3-7-13(17)9-14(10)18/h1-9H. The van der Waals surface area contributed by atoms with E-state index in [1.165, 1.54) is 6.08 Å². The number of hydrogen-bond acceptors (Lipinski definition) is 1. The summed E-state index contributed by atoms with van der Waals surface area (Å²) in [6, 6.07) is 12.3. The summed E-state index contributed by atoms with van der Waals surface area (Å²) in [5.41, 5.74) is 1.39. The highest BCUT2D eigenvalue weighted by molar-refractivity contribution is 9.10. The lowest BCUT2D eigenvalue weighted by molar-refractivity contribution is 0.104. The molecule has 2 aromatic rings. The average molecular weight is 356 g/mol. The minimum absolute atomic E-state index is 0.0708. The average Bonchev–Trinajstić information content (AvgIpc) is 2.38. The zero-order valence-electron chi connectivity index (χ0n) is 9.74. The molecule has 0 saturated heterocycles. The second kappa shape index (κ2) is 6.38. The molecule has 0 aliphatic carbocycles. The largest absolute Gasteiger partial charge is 0.289 e. The maximum absolute atomic E-state index is 11.9. The van der Waals surface area contributed by atoms with Crippen LogP contribution in [0.25, 0.3) is 6.08 Å². The van der Waals surface area contributed by atoms with Crippen LogP contribution in [0.2, 0.25) is 10.0 Å². The third-order valence-electron chi connectivity index (χ3n) is 2.51. The van der Waals surface area contributed by atoms with E-state index in [2.05, 4.69) is 15.9 Å². The first-order valence-electron chi connectivity index (χ1n) is 5.49. The molecule has 0 saturated carbocycles. The molecule has 0 atom stereocenters. The molecular weight excluding hydrogens is 347 g/mol. The lowest BCUT2D eigenvalue weighted by Gasteiger charge is -1.99. The maximum atomic E-state index is 11.9. The Hall–Kier alpha value is -1.09. The van der Waals surface area contributed by atoms with Crippen molar-refractivity contribution in [3.8, 4) is 0 Å². The van der Waals surface area contributed by atoms with E-state index >= 15 is 0 Å². The molecule has 4 heteroatoms. The fourth-order valence-corrected chi connectivity index (χ4v) is 2.25. The van der Waals surface area contributed by atoms with Crippen LogP contribution in [0.5, 0.6) is 0 Å². The first kappa shape index (κ1) is 14.3. The van der Waals surface area contributed by atoms with Crippen molar-refractivity contribution in [1.29, 1.82) is 0 Å². The summed E-state index contributed by atoms with van der Waals surface area (Å²) in [5, 5.41) is 1.09. The topological polar surface area (TPSA) is 17.1 Å². The molecule has 0 aromatic heterocycles. The molecule has 0 fully saturated rings. The number of rotatable bonds is 3. The number of ketones is 1. The molecule has 0 bridgehead atoms. The van der Waals surface area contributed by atoms with Crippen LogP contribution < -0.4 is 0 Å². The van der Waals surface area contributed by atoms with Gasteiger partial charge in [0.05, 0.1) is 0 Å². The highest BCUT2D eigenvalue weighted by atomic mass is 79.9. The SMILES string of the molecule is O=C(C=Cc1ccc(Cl)cc1Cl)c1ccc(Br)cc1. The van der Waals surface area contributed by atoms with Gasteiger partial charge >= 0.3 is 0 Å². The lowest BCUT2D eigenvalue weighted by Crippen LogP contribution is -1.93. The van der Waals surface area contributed by atoms with Crippen molar-refractivity contribution in [1.82, 2.24) is 0 Å². The number of carbonyl (C=O) groups is 1. The highest BCUT2D eigenvalue weighted by Crippen LogP contribution is 2.22. The van der Waals surface area contributed by atoms with Crippen LogP contribution in [0, 0.1) is 0 Å². The Balaban J connectivity index is 2.18. The van der Waals surface area contributed by atoms with Gasteiger partial charge in [-0.05, 0) is 54.1 Å². The summed E-state index contributed by atoms with van der Waals surface area (Å²) >= 11 is 15.2. The molecule has 0 aliphatic heterocycles. The number of hydrogen-bond donors (Lipinski definition) is 0. The molecule has 2 aromatic carbocycles. The molecule has 19 heavy (non-hydrogen) atoms. The highest BCUT2D eigenvalue weighted by Gasteiger charge is 2.02. The second-order valence-electron chi connectivity index (χ2n) is 3.87. The molecule has 96 valence electrons. The molecule has 0 spiro atoms. The summed E-state index contributed by atoms with van der Waals surface area (Å²) in [6.07, 6.45) is 3.18. The van der Waals surface area contributed by atoms with Gasteiger partial charge in [-0.2, -0.15) is 0 Å². The van der Waals surface area contributed by atoms with Crippen LogP contribution in [0.15, 0.2) is 53.0 Å². The zero-order chi connectivity index (χ0) is 13.8. The van der Waals surface area contributed by atoms with Crippen LogP contribution in [-0.4, -0.2) is 5.78 Å². The van der Waals surface area contributed by atoms with Crippen molar-refractivity contribution >= 4 is 51.0 Å². The fourth-order valence-electron chi connectivity index (χ4n) is 1.51. The molecule has 0 radical (unpaired) electrons. The summed E-state index contributed by atoms with van der Waals surface area (Å²) in [5.74, 6) is -0.0708. The van der Waals surface area contributed by atoms with Crippen molar-refractivity contribution in [3.63, 3.8) is 0 Å². The summed E-state index contributed by atoms with van der Waals surface area (Å²) in [6.45, 7) is 0. The first-order chi connectivity index (χ1) is 9.06. The van der Waals surface area contributed by atoms with Gasteiger partial charge in [0, 0.05) is 20.1 Å². The molecule has 1 nitrogen and oxygen atoms in total.